The van der Waals surface area contributed by atoms with E-state index in [0.717, 1.165) is 33.0 Å². The SMILES string of the molecule is Cc1cc(SC#N)ccc1NC(=O)COC(=O)c1ccc2ccccc2c1. The lowest BCUT2D eigenvalue weighted by Gasteiger charge is -2.10. The van der Waals surface area contributed by atoms with Gasteiger partial charge in [-0.2, -0.15) is 5.26 Å². The Hall–Kier alpha value is -3.30. The van der Waals surface area contributed by atoms with Crippen LogP contribution in [0.25, 0.3) is 10.8 Å². The summed E-state index contributed by atoms with van der Waals surface area (Å²) in [4.78, 5) is 25.1. The zero-order valence-electron chi connectivity index (χ0n) is 14.6. The molecule has 1 N–H and O–H groups in total. The van der Waals surface area contributed by atoms with E-state index in [0.29, 0.717) is 11.3 Å². The number of ether oxygens (including phenoxy) is 1. The maximum atomic E-state index is 12.2. The van der Waals surface area contributed by atoms with Crippen LogP contribution in [0.2, 0.25) is 0 Å². The van der Waals surface area contributed by atoms with Crippen molar-refractivity contribution in [3.8, 4) is 5.40 Å². The molecule has 1 amide bonds. The van der Waals surface area contributed by atoms with Crippen LogP contribution >= 0.6 is 11.8 Å². The fourth-order valence-electron chi connectivity index (χ4n) is 2.61. The molecular formula is C21H16N2O3S. The zero-order valence-corrected chi connectivity index (χ0v) is 15.4. The second-order valence-corrected chi connectivity index (χ2v) is 6.71. The van der Waals surface area contributed by atoms with Gasteiger partial charge in [0.05, 0.1) is 5.56 Å². The molecule has 0 saturated heterocycles. The fourth-order valence-corrected chi connectivity index (χ4v) is 3.09. The van der Waals surface area contributed by atoms with E-state index in [1.807, 2.05) is 48.7 Å². The normalized spacial score (nSPS) is 10.2. The summed E-state index contributed by atoms with van der Waals surface area (Å²) in [6.45, 7) is 1.46. The van der Waals surface area contributed by atoms with Gasteiger partial charge in [0.2, 0.25) is 0 Å². The van der Waals surface area contributed by atoms with E-state index in [4.69, 9.17) is 10.00 Å². The first-order chi connectivity index (χ1) is 13.1. The molecule has 0 aromatic heterocycles. The van der Waals surface area contributed by atoms with Gasteiger partial charge in [-0.15, -0.1) is 0 Å². The van der Waals surface area contributed by atoms with Gasteiger partial charge in [-0.3, -0.25) is 4.79 Å². The third-order valence-corrected chi connectivity index (χ3v) is 4.54. The monoisotopic (exact) mass is 376 g/mol. The van der Waals surface area contributed by atoms with Crippen LogP contribution in [0.5, 0.6) is 0 Å². The van der Waals surface area contributed by atoms with Crippen molar-refractivity contribution in [3.05, 3.63) is 71.8 Å². The van der Waals surface area contributed by atoms with Crippen molar-refractivity contribution in [2.45, 2.75) is 11.8 Å². The summed E-state index contributed by atoms with van der Waals surface area (Å²) >= 11 is 1.05. The number of benzene rings is 3. The van der Waals surface area contributed by atoms with Gasteiger partial charge in [-0.05, 0) is 65.4 Å². The van der Waals surface area contributed by atoms with Gasteiger partial charge < -0.3 is 10.1 Å². The highest BCUT2D eigenvalue weighted by Crippen LogP contribution is 2.23. The molecule has 0 radical (unpaired) electrons. The van der Waals surface area contributed by atoms with Crippen LogP contribution in [0.1, 0.15) is 15.9 Å². The van der Waals surface area contributed by atoms with E-state index in [1.54, 1.807) is 24.3 Å². The number of carbonyl (C=O) groups is 2. The second-order valence-electron chi connectivity index (χ2n) is 5.86. The number of nitriles is 1. The summed E-state index contributed by atoms with van der Waals surface area (Å²) in [6, 6.07) is 18.2. The highest BCUT2D eigenvalue weighted by atomic mass is 32.2. The molecule has 0 atom stereocenters. The van der Waals surface area contributed by atoms with Gasteiger partial charge in [0.1, 0.15) is 5.40 Å². The number of hydrogen-bond acceptors (Lipinski definition) is 5. The Kier molecular flexibility index (Phi) is 5.74. The lowest BCUT2D eigenvalue weighted by molar-refractivity contribution is -0.119. The molecule has 134 valence electrons. The lowest BCUT2D eigenvalue weighted by atomic mass is 10.1. The second kappa shape index (κ2) is 8.39. The number of hydrogen-bond donors (Lipinski definition) is 1. The Labute approximate surface area is 160 Å². The van der Waals surface area contributed by atoms with Crippen LogP contribution in [-0.2, 0) is 9.53 Å². The minimum Gasteiger partial charge on any atom is -0.452 e. The number of nitrogens with zero attached hydrogens (tertiary/aromatic N) is 1. The number of fused-ring (bicyclic) bond motifs is 1. The van der Waals surface area contributed by atoms with Gasteiger partial charge in [-0.1, -0.05) is 30.3 Å². The highest BCUT2D eigenvalue weighted by molar-refractivity contribution is 8.03. The summed E-state index contributed by atoms with van der Waals surface area (Å²) in [6.07, 6.45) is 0. The number of nitrogens with one attached hydrogen (secondary N) is 1. The molecule has 6 heteroatoms. The molecule has 3 aromatic carbocycles. The van der Waals surface area contributed by atoms with Crippen LogP contribution in [0.3, 0.4) is 0 Å². The van der Waals surface area contributed by atoms with E-state index in [1.165, 1.54) is 0 Å². The van der Waals surface area contributed by atoms with Gasteiger partial charge in [0, 0.05) is 10.6 Å². The maximum absolute atomic E-state index is 12.2. The molecular weight excluding hydrogens is 360 g/mol. The van der Waals surface area contributed by atoms with Gasteiger partial charge in [-0.25, -0.2) is 4.79 Å². The van der Waals surface area contributed by atoms with Crippen molar-refractivity contribution < 1.29 is 14.3 Å². The van der Waals surface area contributed by atoms with E-state index in [9.17, 15) is 9.59 Å². The Morgan fingerprint density at radius 2 is 1.85 bits per heavy atom. The minimum atomic E-state index is -0.548. The summed E-state index contributed by atoms with van der Waals surface area (Å²) in [5.74, 6) is -0.971. The van der Waals surface area contributed by atoms with Crippen molar-refractivity contribution in [2.75, 3.05) is 11.9 Å². The largest absolute Gasteiger partial charge is 0.452 e. The van der Waals surface area contributed by atoms with Crippen LogP contribution in [0.15, 0.2) is 65.6 Å². The number of aryl methyl sites for hydroxylation is 1. The van der Waals surface area contributed by atoms with Crippen LogP contribution in [-0.4, -0.2) is 18.5 Å². The summed E-state index contributed by atoms with van der Waals surface area (Å²) in [7, 11) is 0. The van der Waals surface area contributed by atoms with Crippen LogP contribution in [0, 0.1) is 17.6 Å². The molecule has 0 heterocycles. The standard InChI is InChI=1S/C21H16N2O3S/c1-14-10-18(27-13-22)8-9-19(14)23-20(24)12-26-21(25)17-7-6-15-4-2-3-5-16(15)11-17/h2-11H,12H2,1H3,(H,23,24). The van der Waals surface area contributed by atoms with Crippen molar-refractivity contribution in [3.63, 3.8) is 0 Å². The van der Waals surface area contributed by atoms with Crippen molar-refractivity contribution >= 4 is 40.1 Å². The van der Waals surface area contributed by atoms with Crippen LogP contribution < -0.4 is 5.32 Å². The summed E-state index contributed by atoms with van der Waals surface area (Å²) in [5, 5.41) is 15.4. The van der Waals surface area contributed by atoms with E-state index >= 15 is 0 Å². The maximum Gasteiger partial charge on any atom is 0.338 e. The lowest BCUT2D eigenvalue weighted by Crippen LogP contribution is -2.21. The van der Waals surface area contributed by atoms with E-state index in [2.05, 4.69) is 5.32 Å². The van der Waals surface area contributed by atoms with Crippen molar-refractivity contribution in [1.82, 2.24) is 0 Å². The molecule has 27 heavy (non-hydrogen) atoms. The van der Waals surface area contributed by atoms with Gasteiger partial charge in [0.25, 0.3) is 5.91 Å². The Morgan fingerprint density at radius 1 is 1.07 bits per heavy atom. The Bertz CT molecular complexity index is 1060. The number of anilines is 1. The van der Waals surface area contributed by atoms with Gasteiger partial charge >= 0.3 is 5.97 Å². The molecule has 5 nitrogen and oxygen atoms in total. The number of amides is 1. The molecule has 0 fully saturated rings. The highest BCUT2D eigenvalue weighted by Gasteiger charge is 2.12. The average Bonchev–Trinajstić information content (AvgIpc) is 2.68. The predicted octanol–water partition coefficient (Wildman–Crippen LogP) is 4.52. The first kappa shape index (κ1) is 18.5. The number of thiocyanates is 1. The minimum absolute atomic E-state index is 0.375. The molecule has 0 saturated carbocycles. The predicted molar refractivity (Wildman–Crippen MR) is 106 cm³/mol. The number of esters is 1. The van der Waals surface area contributed by atoms with Gasteiger partial charge in [0.15, 0.2) is 6.61 Å². The summed E-state index contributed by atoms with van der Waals surface area (Å²) in [5.41, 5.74) is 1.84. The average molecular weight is 376 g/mol. The Balaban J connectivity index is 1.59. The fraction of sp³-hybridized carbons (Fsp3) is 0.0952. The number of rotatable bonds is 5. The first-order valence-corrected chi connectivity index (χ1v) is 9.01. The third kappa shape index (κ3) is 4.66. The molecule has 0 aliphatic carbocycles. The zero-order chi connectivity index (χ0) is 19.2. The third-order valence-electron chi connectivity index (χ3n) is 3.95. The van der Waals surface area contributed by atoms with E-state index in [-0.39, 0.29) is 6.61 Å². The summed E-state index contributed by atoms with van der Waals surface area (Å²) < 4.78 is 5.12. The quantitative estimate of drug-likeness (QED) is 0.402. The van der Waals surface area contributed by atoms with Crippen molar-refractivity contribution in [1.29, 1.82) is 5.26 Å². The topological polar surface area (TPSA) is 79.2 Å². The molecule has 3 aromatic rings. The molecule has 0 unspecified atom stereocenters. The Morgan fingerprint density at radius 3 is 2.59 bits per heavy atom. The molecule has 0 aliphatic heterocycles. The van der Waals surface area contributed by atoms with Crippen LogP contribution in [0.4, 0.5) is 5.69 Å². The molecule has 0 bridgehead atoms. The molecule has 0 spiro atoms. The molecule has 3 rings (SSSR count). The number of thioether (sulfide) groups is 1. The van der Waals surface area contributed by atoms with E-state index < -0.39 is 11.9 Å². The first-order valence-electron chi connectivity index (χ1n) is 8.19. The molecule has 0 aliphatic rings. The number of carbonyl (C=O) groups excluding carboxylic acids is 2. The van der Waals surface area contributed by atoms with Crippen molar-refractivity contribution in [2.24, 2.45) is 0 Å². The smallest absolute Gasteiger partial charge is 0.338 e.